The molecule has 1 atom stereocenters. The van der Waals surface area contributed by atoms with Crippen molar-refractivity contribution < 1.29 is 49.7 Å². The summed E-state index contributed by atoms with van der Waals surface area (Å²) in [5.74, 6) is -2.78. The summed E-state index contributed by atoms with van der Waals surface area (Å²) in [6.07, 6.45) is -3.49. The van der Waals surface area contributed by atoms with Gasteiger partial charge in [0.2, 0.25) is 11.8 Å². The number of aliphatic imine (C=N–C) groups is 1. The molecule has 4 heterocycles. The lowest BCUT2D eigenvalue weighted by Crippen LogP contribution is -2.60. The number of hydrogen-bond acceptors (Lipinski definition) is 9. The number of fused-ring (bicyclic) bond motifs is 1. The fraction of sp³-hybridized carbons (Fsp3) is 0.400. The lowest BCUT2D eigenvalue weighted by Gasteiger charge is -2.45. The Labute approximate surface area is 247 Å². The van der Waals surface area contributed by atoms with Crippen LogP contribution in [0.25, 0.3) is 22.7 Å². The van der Waals surface area contributed by atoms with Gasteiger partial charge >= 0.3 is 12.1 Å². The number of hydrogen-bond donors (Lipinski definition) is 4. The van der Waals surface area contributed by atoms with Crippen molar-refractivity contribution in [2.24, 2.45) is 10.7 Å². The molecule has 0 bridgehead atoms. The lowest BCUT2D eigenvalue weighted by atomic mass is 9.92. The van der Waals surface area contributed by atoms with E-state index in [1.54, 1.807) is 23.4 Å². The fourth-order valence-electron chi connectivity index (χ4n) is 4.51. The van der Waals surface area contributed by atoms with Crippen LogP contribution in [0.2, 0.25) is 0 Å². The van der Waals surface area contributed by atoms with Crippen LogP contribution >= 0.6 is 0 Å². The first-order chi connectivity index (χ1) is 20.6. The van der Waals surface area contributed by atoms with Gasteiger partial charge in [-0.2, -0.15) is 13.2 Å². The zero-order valence-corrected chi connectivity index (χ0v) is 23.8. The van der Waals surface area contributed by atoms with Gasteiger partial charge in [0.05, 0.1) is 18.1 Å². The Kier molecular flexibility index (Phi) is 9.47. The third-order valence-electron chi connectivity index (χ3n) is 6.53. The van der Waals surface area contributed by atoms with Gasteiger partial charge in [-0.1, -0.05) is 5.16 Å². The first-order valence-corrected chi connectivity index (χ1v) is 14.7. The number of aliphatic carboxylic acids is 1. The van der Waals surface area contributed by atoms with Crippen molar-refractivity contribution >= 4 is 22.2 Å². The minimum absolute atomic E-state index is 0.0443. The molecule has 0 radical (unpaired) electrons. The summed E-state index contributed by atoms with van der Waals surface area (Å²) < 4.78 is 100. The molecule has 1 saturated heterocycles. The maximum Gasteiger partial charge on any atom is 0.490 e. The van der Waals surface area contributed by atoms with E-state index in [2.05, 4.69) is 24.8 Å². The molecule has 1 aromatic carbocycles. The van der Waals surface area contributed by atoms with Crippen LogP contribution in [-0.2, 0) is 20.6 Å². The number of carboxylic acids is 1. The molecule has 240 valence electrons. The van der Waals surface area contributed by atoms with Gasteiger partial charge in [-0.25, -0.2) is 37.6 Å². The molecule has 4 N–H and O–H groups in total. The number of carboxylic acid groups (broad SMARTS) is 1. The summed E-state index contributed by atoms with van der Waals surface area (Å²) in [6.45, 7) is 2.04. The molecule has 0 amide bonds. The molecule has 2 aliphatic rings. The second-order valence-electron chi connectivity index (χ2n) is 9.86. The summed E-state index contributed by atoms with van der Waals surface area (Å²) in [5.41, 5.74) is 6.46. The van der Waals surface area contributed by atoms with E-state index in [4.69, 9.17) is 24.9 Å². The van der Waals surface area contributed by atoms with Crippen molar-refractivity contribution in [1.82, 2.24) is 24.2 Å². The molecule has 2 aromatic heterocycles. The second kappa shape index (κ2) is 12.8. The standard InChI is InChI=1S/C23H26F3N7O3S.C2HF3O2/c1-23(13-37(34)30-6-2-3-7-33(37)22(27)31-23)15-8-14(4-5-16(15)24)19-9-17(32-36-19)18-10-29-21(11-28-18)35-12-20(25)26;3-2(4,5)1(6)7/h4-5,8-11,20,37H,2-3,6-7,12-13H2,1H3,(H2,27,31)(H,30,34);(H,6,7)/t23-;/m0./s1. The zero-order valence-electron chi connectivity index (χ0n) is 22.9. The Hall–Kier alpha value is -4.26. The van der Waals surface area contributed by atoms with Gasteiger partial charge in [0.1, 0.15) is 22.7 Å². The Bertz CT molecular complexity index is 1570. The van der Waals surface area contributed by atoms with Crippen molar-refractivity contribution in [1.29, 1.82) is 0 Å². The monoisotopic (exact) mass is 651 g/mol. The summed E-state index contributed by atoms with van der Waals surface area (Å²) in [7, 11) is -3.10. The molecule has 1 fully saturated rings. The highest BCUT2D eigenvalue weighted by molar-refractivity contribution is 7.99. The lowest BCUT2D eigenvalue weighted by molar-refractivity contribution is -0.192. The smallest absolute Gasteiger partial charge is 0.475 e. The summed E-state index contributed by atoms with van der Waals surface area (Å²) in [6, 6.07) is 6.01. The van der Waals surface area contributed by atoms with E-state index in [1.165, 1.54) is 24.5 Å². The zero-order chi connectivity index (χ0) is 32.3. The SMILES string of the molecule is C[C@@]1(c2cc(-c3cc(-c4cnc(OCC(F)F)cn4)no3)ccc2F)C[SH]2(=O)NCCCCN2C(N)=N1.O=C(O)C(F)(F)F. The summed E-state index contributed by atoms with van der Waals surface area (Å²) in [5, 5.41) is 11.1. The van der Waals surface area contributed by atoms with Crippen LogP contribution in [-0.4, -0.2) is 78.7 Å². The van der Waals surface area contributed by atoms with Crippen molar-refractivity contribution in [3.8, 4) is 28.6 Å². The minimum atomic E-state index is -5.08. The van der Waals surface area contributed by atoms with Crippen molar-refractivity contribution in [2.75, 3.05) is 25.4 Å². The van der Waals surface area contributed by atoms with E-state index < -0.39 is 46.8 Å². The van der Waals surface area contributed by atoms with Crippen molar-refractivity contribution in [3.63, 3.8) is 0 Å². The maximum absolute atomic E-state index is 15.1. The average Bonchev–Trinajstić information content (AvgIpc) is 3.35. The molecule has 0 unspecified atom stereocenters. The molecular formula is C25H27F6N7O5S. The first kappa shape index (κ1) is 32.6. The number of halogens is 6. The number of benzene rings is 1. The number of alkyl halides is 5. The molecule has 0 spiro atoms. The van der Waals surface area contributed by atoms with Gasteiger partial charge in [-0.3, -0.25) is 8.51 Å². The number of carbonyl (C=O) groups is 1. The van der Waals surface area contributed by atoms with Crippen LogP contribution in [0.15, 0.2) is 46.2 Å². The number of thiol groups is 1. The topological polar surface area (TPSA) is 169 Å². The van der Waals surface area contributed by atoms with Gasteiger partial charge in [-0.05, 0) is 38.0 Å². The van der Waals surface area contributed by atoms with Crippen LogP contribution in [0.3, 0.4) is 0 Å². The number of guanidine groups is 1. The van der Waals surface area contributed by atoms with Crippen LogP contribution in [0.1, 0.15) is 25.3 Å². The van der Waals surface area contributed by atoms with Gasteiger partial charge in [-0.15, -0.1) is 0 Å². The second-order valence-corrected chi connectivity index (χ2v) is 12.4. The normalized spacial score (nSPS) is 20.5. The molecule has 0 saturated carbocycles. The molecule has 19 heteroatoms. The largest absolute Gasteiger partial charge is 0.490 e. The fourth-order valence-corrected chi connectivity index (χ4v) is 7.39. The van der Waals surface area contributed by atoms with Crippen LogP contribution < -0.4 is 15.2 Å². The molecule has 5 rings (SSSR count). The van der Waals surface area contributed by atoms with Crippen molar-refractivity contribution in [2.45, 2.75) is 37.9 Å². The first-order valence-electron chi connectivity index (χ1n) is 12.9. The number of nitrogens with zero attached hydrogens (tertiary/aromatic N) is 5. The molecule has 2 aliphatic heterocycles. The van der Waals surface area contributed by atoms with E-state index in [-0.39, 0.29) is 23.2 Å². The molecular weight excluding hydrogens is 624 g/mol. The number of aromatic nitrogens is 3. The predicted molar refractivity (Wildman–Crippen MR) is 145 cm³/mol. The Balaban J connectivity index is 0.000000566. The van der Waals surface area contributed by atoms with Crippen LogP contribution in [0.5, 0.6) is 5.88 Å². The third kappa shape index (κ3) is 7.44. The highest BCUT2D eigenvalue weighted by Crippen LogP contribution is 2.38. The van der Waals surface area contributed by atoms with Crippen LogP contribution in [0.4, 0.5) is 26.3 Å². The quantitative estimate of drug-likeness (QED) is 0.231. The van der Waals surface area contributed by atoms with E-state index in [0.29, 0.717) is 35.8 Å². The van der Waals surface area contributed by atoms with Gasteiger partial charge < -0.3 is 20.1 Å². The number of rotatable bonds is 6. The van der Waals surface area contributed by atoms with E-state index in [0.717, 1.165) is 12.8 Å². The number of nitrogens with two attached hydrogens (primary N) is 1. The summed E-state index contributed by atoms with van der Waals surface area (Å²) in [4.78, 5) is 21.5. The highest BCUT2D eigenvalue weighted by atomic mass is 32.3. The van der Waals surface area contributed by atoms with E-state index in [1.807, 2.05) is 0 Å². The highest BCUT2D eigenvalue weighted by Gasteiger charge is 2.43. The Morgan fingerprint density at radius 3 is 2.59 bits per heavy atom. The molecule has 0 aliphatic carbocycles. The van der Waals surface area contributed by atoms with E-state index in [9.17, 15) is 26.2 Å². The Morgan fingerprint density at radius 2 is 1.95 bits per heavy atom. The predicted octanol–water partition coefficient (Wildman–Crippen LogP) is 3.29. The number of nitrogens with one attached hydrogen (secondary N) is 1. The number of ether oxygens (including phenoxy) is 1. The maximum atomic E-state index is 15.1. The van der Waals surface area contributed by atoms with Gasteiger partial charge in [0, 0.05) is 40.6 Å². The Morgan fingerprint density at radius 1 is 1.23 bits per heavy atom. The van der Waals surface area contributed by atoms with E-state index >= 15 is 4.39 Å². The molecule has 44 heavy (non-hydrogen) atoms. The molecule has 3 aromatic rings. The third-order valence-corrected chi connectivity index (χ3v) is 9.47. The minimum Gasteiger partial charge on any atom is -0.475 e. The average molecular weight is 652 g/mol. The van der Waals surface area contributed by atoms with Gasteiger partial charge in [0.25, 0.3) is 6.43 Å². The van der Waals surface area contributed by atoms with Gasteiger partial charge in [0.15, 0.2) is 12.4 Å². The summed E-state index contributed by atoms with van der Waals surface area (Å²) >= 11 is 0. The van der Waals surface area contributed by atoms with Crippen molar-refractivity contribution in [3.05, 3.63) is 48.0 Å². The molecule has 12 nitrogen and oxygen atoms in total. The van der Waals surface area contributed by atoms with Crippen LogP contribution in [0, 0.1) is 5.82 Å².